The normalized spacial score (nSPS) is 23.1. The average Bonchev–Trinajstić information content (AvgIpc) is 3.41. The van der Waals surface area contributed by atoms with E-state index < -0.39 is 24.0 Å². The van der Waals surface area contributed by atoms with Crippen molar-refractivity contribution < 1.29 is 19.2 Å². The van der Waals surface area contributed by atoms with Crippen molar-refractivity contribution in [2.45, 2.75) is 50.2 Å². The zero-order valence-electron chi connectivity index (χ0n) is 14.7. The molecule has 2 aliphatic heterocycles. The minimum atomic E-state index is -0.862. The zero-order valence-corrected chi connectivity index (χ0v) is 15.5. The summed E-state index contributed by atoms with van der Waals surface area (Å²) in [5.74, 6) is -1.27. The summed E-state index contributed by atoms with van der Waals surface area (Å²) in [5, 5.41) is 5.33. The Labute approximate surface area is 161 Å². The number of likely N-dealkylation sites (tertiary alicyclic amines) is 1. The quantitative estimate of drug-likeness (QED) is 0.537. The molecule has 3 heterocycles. The van der Waals surface area contributed by atoms with Crippen LogP contribution in [0.1, 0.15) is 31.4 Å². The number of amides is 3. The van der Waals surface area contributed by atoms with E-state index in [4.69, 9.17) is 11.6 Å². The van der Waals surface area contributed by atoms with E-state index in [1.807, 2.05) is 0 Å². The highest BCUT2D eigenvalue weighted by atomic mass is 35.5. The molecule has 146 valence electrons. The summed E-state index contributed by atoms with van der Waals surface area (Å²) in [7, 11) is 0. The molecule has 3 unspecified atom stereocenters. The number of ketones is 1. The highest BCUT2D eigenvalue weighted by Crippen LogP contribution is 2.20. The molecule has 2 fully saturated rings. The number of Topliss-reactive ketones (excluding diaryl/α,β-unsaturated/α-hetero) is 1. The Bertz CT molecular complexity index is 723. The summed E-state index contributed by atoms with van der Waals surface area (Å²) in [4.78, 5) is 57.4. The third-order valence-electron chi connectivity index (χ3n) is 4.94. The molecular formula is C17H22ClN5O4. The fraction of sp³-hybridized carbons (Fsp3) is 0.588. The number of nitrogens with zero attached hydrogens (tertiary/aromatic N) is 2. The monoisotopic (exact) mass is 395 g/mol. The summed E-state index contributed by atoms with van der Waals surface area (Å²) < 4.78 is 0. The summed E-state index contributed by atoms with van der Waals surface area (Å²) in [6, 6.07) is -2.06. The van der Waals surface area contributed by atoms with Gasteiger partial charge in [0, 0.05) is 31.3 Å². The van der Waals surface area contributed by atoms with Gasteiger partial charge in [-0.3, -0.25) is 19.2 Å². The number of carbonyl (C=O) groups is 4. The van der Waals surface area contributed by atoms with Crippen molar-refractivity contribution in [1.82, 2.24) is 25.5 Å². The minimum absolute atomic E-state index is 0.153. The minimum Gasteiger partial charge on any atom is -0.348 e. The third-order valence-corrected chi connectivity index (χ3v) is 5.21. The van der Waals surface area contributed by atoms with Crippen molar-refractivity contribution >= 4 is 35.1 Å². The van der Waals surface area contributed by atoms with Gasteiger partial charge >= 0.3 is 0 Å². The number of carbonyl (C=O) groups excluding carboxylic acids is 4. The van der Waals surface area contributed by atoms with Gasteiger partial charge < -0.3 is 20.5 Å². The predicted octanol–water partition coefficient (Wildman–Crippen LogP) is -0.485. The smallest absolute Gasteiger partial charge is 0.246 e. The van der Waals surface area contributed by atoms with Gasteiger partial charge in [-0.25, -0.2) is 4.98 Å². The number of aromatic nitrogens is 2. The molecule has 3 N–H and O–H groups in total. The molecule has 0 bridgehead atoms. The number of H-pyrrole nitrogens is 1. The van der Waals surface area contributed by atoms with E-state index in [0.717, 1.165) is 0 Å². The van der Waals surface area contributed by atoms with Crippen LogP contribution in [0.2, 0.25) is 0 Å². The van der Waals surface area contributed by atoms with E-state index in [2.05, 4.69) is 20.6 Å². The molecule has 2 saturated heterocycles. The van der Waals surface area contributed by atoms with Crippen molar-refractivity contribution in [3.8, 4) is 0 Å². The van der Waals surface area contributed by atoms with Crippen LogP contribution in [0.25, 0.3) is 0 Å². The molecule has 0 aromatic carbocycles. The second kappa shape index (κ2) is 8.51. The van der Waals surface area contributed by atoms with Crippen molar-refractivity contribution in [3.05, 3.63) is 18.2 Å². The first-order chi connectivity index (χ1) is 13.0. The molecule has 1 aromatic heterocycles. The molecule has 2 aliphatic rings. The predicted molar refractivity (Wildman–Crippen MR) is 95.8 cm³/mol. The molecule has 9 nitrogen and oxygen atoms in total. The lowest BCUT2D eigenvalue weighted by molar-refractivity contribution is -0.140. The van der Waals surface area contributed by atoms with Gasteiger partial charge in [0.25, 0.3) is 0 Å². The molecule has 1 aromatic rings. The summed E-state index contributed by atoms with van der Waals surface area (Å²) in [6.07, 6.45) is 5.25. The van der Waals surface area contributed by atoms with Crippen LogP contribution in [0.3, 0.4) is 0 Å². The summed E-state index contributed by atoms with van der Waals surface area (Å²) in [6.45, 7) is 0.446. The van der Waals surface area contributed by atoms with Crippen LogP contribution < -0.4 is 10.6 Å². The molecule has 0 aliphatic carbocycles. The van der Waals surface area contributed by atoms with Gasteiger partial charge in [0.05, 0.1) is 18.2 Å². The highest BCUT2D eigenvalue weighted by molar-refractivity contribution is 6.28. The van der Waals surface area contributed by atoms with Crippen molar-refractivity contribution in [2.75, 3.05) is 12.4 Å². The molecule has 3 amide bonds. The van der Waals surface area contributed by atoms with Crippen molar-refractivity contribution in [3.63, 3.8) is 0 Å². The van der Waals surface area contributed by atoms with Crippen LogP contribution in [0.5, 0.6) is 0 Å². The van der Waals surface area contributed by atoms with Gasteiger partial charge in [0.2, 0.25) is 17.7 Å². The number of rotatable bonds is 7. The summed E-state index contributed by atoms with van der Waals surface area (Å²) >= 11 is 5.67. The van der Waals surface area contributed by atoms with Gasteiger partial charge in [-0.1, -0.05) is 0 Å². The topological polar surface area (TPSA) is 124 Å². The number of aromatic amines is 1. The van der Waals surface area contributed by atoms with E-state index in [9.17, 15) is 19.2 Å². The zero-order chi connectivity index (χ0) is 19.4. The second-order valence-electron chi connectivity index (χ2n) is 6.79. The maximum Gasteiger partial charge on any atom is 0.246 e. The molecule has 0 saturated carbocycles. The molecule has 0 spiro atoms. The van der Waals surface area contributed by atoms with Crippen molar-refractivity contribution in [1.29, 1.82) is 0 Å². The van der Waals surface area contributed by atoms with E-state index in [1.54, 1.807) is 6.20 Å². The lowest BCUT2D eigenvalue weighted by Crippen LogP contribution is -2.55. The molecule has 0 radical (unpaired) electrons. The van der Waals surface area contributed by atoms with Gasteiger partial charge in [-0.15, -0.1) is 11.6 Å². The van der Waals surface area contributed by atoms with Crippen LogP contribution in [0.15, 0.2) is 12.5 Å². The van der Waals surface area contributed by atoms with E-state index >= 15 is 0 Å². The Balaban J connectivity index is 1.74. The number of alkyl halides is 1. The Morgan fingerprint density at radius 1 is 1.37 bits per heavy atom. The lowest BCUT2D eigenvalue weighted by atomic mass is 10.1. The standard InChI is InChI=1S/C17H22ClN5O4/c18-7-14(24)13-2-1-5-23(13)17(27)12(6-10-8-19-9-20-10)22-16(26)11-3-4-15(25)21-11/h8-9,11-13H,1-7H2,(H,19,20)(H,21,25)(H,22,26). The molecular weight excluding hydrogens is 374 g/mol. The number of imidazole rings is 1. The maximum absolute atomic E-state index is 13.1. The van der Waals surface area contributed by atoms with Gasteiger partial charge in [-0.05, 0) is 19.3 Å². The summed E-state index contributed by atoms with van der Waals surface area (Å²) in [5.41, 5.74) is 0.684. The lowest BCUT2D eigenvalue weighted by Gasteiger charge is -2.28. The maximum atomic E-state index is 13.1. The SMILES string of the molecule is O=C1CCC(C(=O)NC(Cc2cnc[nH]2)C(=O)N2CCCC2C(=O)CCl)N1. The first-order valence-corrected chi connectivity index (χ1v) is 9.49. The number of hydrogen-bond donors (Lipinski definition) is 3. The Kier molecular flexibility index (Phi) is 6.10. The van der Waals surface area contributed by atoms with Crippen LogP contribution in [-0.2, 0) is 25.6 Å². The Morgan fingerprint density at radius 2 is 2.19 bits per heavy atom. The third kappa shape index (κ3) is 4.47. The molecule has 3 rings (SSSR count). The van der Waals surface area contributed by atoms with E-state index in [-0.39, 0.29) is 36.3 Å². The van der Waals surface area contributed by atoms with Crippen LogP contribution >= 0.6 is 11.6 Å². The molecule has 10 heteroatoms. The van der Waals surface area contributed by atoms with Crippen LogP contribution in [0.4, 0.5) is 0 Å². The Hall–Kier alpha value is -2.42. The van der Waals surface area contributed by atoms with Gasteiger partial charge in [0.1, 0.15) is 12.1 Å². The Morgan fingerprint density at radius 3 is 2.81 bits per heavy atom. The second-order valence-corrected chi connectivity index (χ2v) is 7.06. The first kappa shape index (κ1) is 19.3. The van der Waals surface area contributed by atoms with Crippen LogP contribution in [-0.4, -0.2) is 68.9 Å². The van der Waals surface area contributed by atoms with Crippen LogP contribution in [0, 0.1) is 0 Å². The van der Waals surface area contributed by atoms with Gasteiger partial charge in [0.15, 0.2) is 5.78 Å². The first-order valence-electron chi connectivity index (χ1n) is 8.95. The fourth-order valence-electron chi connectivity index (χ4n) is 3.55. The van der Waals surface area contributed by atoms with Gasteiger partial charge in [-0.2, -0.15) is 0 Å². The van der Waals surface area contributed by atoms with E-state index in [0.29, 0.717) is 31.5 Å². The number of nitrogens with one attached hydrogen (secondary N) is 3. The van der Waals surface area contributed by atoms with E-state index in [1.165, 1.54) is 11.2 Å². The molecule has 3 atom stereocenters. The number of hydrogen-bond acceptors (Lipinski definition) is 5. The highest BCUT2D eigenvalue weighted by Gasteiger charge is 2.38. The average molecular weight is 396 g/mol. The molecule has 27 heavy (non-hydrogen) atoms. The largest absolute Gasteiger partial charge is 0.348 e. The number of halogens is 1. The fourth-order valence-corrected chi connectivity index (χ4v) is 3.73. The van der Waals surface area contributed by atoms with Crippen molar-refractivity contribution in [2.24, 2.45) is 0 Å².